The molecule has 5 nitrogen and oxygen atoms in total. The lowest BCUT2D eigenvalue weighted by Gasteiger charge is -2.38. The second kappa shape index (κ2) is 10.5. The fourth-order valence-corrected chi connectivity index (χ4v) is 5.69. The summed E-state index contributed by atoms with van der Waals surface area (Å²) < 4.78 is 2.24. The summed E-state index contributed by atoms with van der Waals surface area (Å²) in [5, 5.41) is 0. The molecule has 0 radical (unpaired) electrons. The van der Waals surface area contributed by atoms with E-state index in [9.17, 15) is 9.59 Å². The molecule has 3 heterocycles. The average molecular weight is 470 g/mol. The summed E-state index contributed by atoms with van der Waals surface area (Å²) in [7, 11) is 0. The highest BCUT2D eigenvalue weighted by atomic mass is 16.2. The molecule has 2 aliphatic heterocycles. The van der Waals surface area contributed by atoms with Gasteiger partial charge in [-0.05, 0) is 55.4 Å². The predicted octanol–water partition coefficient (Wildman–Crippen LogP) is 4.99. The van der Waals surface area contributed by atoms with Crippen LogP contribution in [0.3, 0.4) is 0 Å². The van der Waals surface area contributed by atoms with Crippen LogP contribution in [0.15, 0.2) is 72.9 Å². The van der Waals surface area contributed by atoms with Gasteiger partial charge in [-0.1, -0.05) is 60.2 Å². The number of hydrogen-bond donors (Lipinski definition) is 0. The number of rotatable bonds is 6. The van der Waals surface area contributed by atoms with Gasteiger partial charge in [-0.2, -0.15) is 0 Å². The van der Waals surface area contributed by atoms with Crippen LogP contribution in [-0.2, 0) is 22.6 Å². The van der Waals surface area contributed by atoms with Crippen molar-refractivity contribution in [3.63, 3.8) is 0 Å². The van der Waals surface area contributed by atoms with Gasteiger partial charge in [0.05, 0.1) is 6.04 Å². The van der Waals surface area contributed by atoms with Gasteiger partial charge in [0.1, 0.15) is 0 Å². The number of aromatic nitrogens is 1. The number of amides is 2. The summed E-state index contributed by atoms with van der Waals surface area (Å²) in [4.78, 5) is 30.3. The van der Waals surface area contributed by atoms with Crippen LogP contribution in [0.2, 0.25) is 0 Å². The maximum Gasteiger partial charge on any atom is 0.223 e. The normalized spacial score (nSPS) is 18.4. The van der Waals surface area contributed by atoms with Crippen LogP contribution in [0.4, 0.5) is 0 Å². The number of carbonyl (C=O) groups is 2. The molecule has 0 N–H and O–H groups in total. The summed E-state index contributed by atoms with van der Waals surface area (Å²) in [6.07, 6.45) is 5.80. The van der Waals surface area contributed by atoms with Crippen molar-refractivity contribution in [2.24, 2.45) is 5.92 Å². The second-order valence-electron chi connectivity index (χ2n) is 10.0. The van der Waals surface area contributed by atoms with Gasteiger partial charge in [0.15, 0.2) is 0 Å². The van der Waals surface area contributed by atoms with Crippen LogP contribution >= 0.6 is 0 Å². The Morgan fingerprint density at radius 3 is 2.37 bits per heavy atom. The van der Waals surface area contributed by atoms with Crippen LogP contribution in [0.25, 0.3) is 0 Å². The third-order valence-electron chi connectivity index (χ3n) is 7.60. The number of nitrogens with zero attached hydrogens (tertiary/aromatic N) is 3. The first-order valence-corrected chi connectivity index (χ1v) is 12.9. The predicted molar refractivity (Wildman–Crippen MR) is 138 cm³/mol. The smallest absolute Gasteiger partial charge is 0.223 e. The number of fused-ring (bicyclic) bond motifs is 1. The molecule has 0 bridgehead atoms. The van der Waals surface area contributed by atoms with E-state index in [1.807, 2.05) is 9.80 Å². The Kier molecular flexibility index (Phi) is 7.03. The molecule has 2 amide bonds. The average Bonchev–Trinajstić information content (AvgIpc) is 3.36. The van der Waals surface area contributed by atoms with Crippen LogP contribution < -0.4 is 0 Å². The van der Waals surface area contributed by atoms with Gasteiger partial charge < -0.3 is 14.4 Å². The molecule has 5 rings (SSSR count). The van der Waals surface area contributed by atoms with E-state index in [4.69, 9.17) is 0 Å². The molecular formula is C30H35N3O2. The topological polar surface area (TPSA) is 45.6 Å². The molecule has 2 aromatic carbocycles. The van der Waals surface area contributed by atoms with E-state index in [0.29, 0.717) is 18.9 Å². The largest absolute Gasteiger partial charge is 0.348 e. The van der Waals surface area contributed by atoms with E-state index < -0.39 is 0 Å². The minimum absolute atomic E-state index is 0.0660. The number of aryl methyl sites for hydroxylation is 1. The van der Waals surface area contributed by atoms with Crippen molar-refractivity contribution in [1.29, 1.82) is 0 Å². The maximum absolute atomic E-state index is 13.4. The Bertz CT molecular complexity index is 1160. The van der Waals surface area contributed by atoms with Crippen molar-refractivity contribution in [1.82, 2.24) is 14.4 Å². The summed E-state index contributed by atoms with van der Waals surface area (Å²) in [5.41, 5.74) is 4.83. The van der Waals surface area contributed by atoms with Gasteiger partial charge in [-0.3, -0.25) is 9.59 Å². The molecule has 1 unspecified atom stereocenters. The van der Waals surface area contributed by atoms with E-state index in [0.717, 1.165) is 50.2 Å². The van der Waals surface area contributed by atoms with Crippen molar-refractivity contribution >= 4 is 11.8 Å². The van der Waals surface area contributed by atoms with Crippen molar-refractivity contribution < 1.29 is 9.59 Å². The Labute approximate surface area is 208 Å². The Morgan fingerprint density at radius 1 is 0.829 bits per heavy atom. The number of likely N-dealkylation sites (tertiary alicyclic amines) is 1. The fourth-order valence-electron chi connectivity index (χ4n) is 5.69. The third kappa shape index (κ3) is 5.34. The number of hydrogen-bond acceptors (Lipinski definition) is 2. The molecule has 1 atom stereocenters. The number of carbonyl (C=O) groups excluding carboxylic acids is 2. The quantitative estimate of drug-likeness (QED) is 0.511. The monoisotopic (exact) mass is 469 g/mol. The highest BCUT2D eigenvalue weighted by molar-refractivity contribution is 5.84. The van der Waals surface area contributed by atoms with Gasteiger partial charge in [-0.25, -0.2) is 0 Å². The standard InChI is InChI=1S/C30H35N3O2/c1-23-7-5-10-26(21-23)30-27-11-6-16-31(27)19-20-33(30)29(35)13-12-28(34)32-17-14-25(15-18-32)22-24-8-3-2-4-9-24/h2-11,16,21,25,30H,12-15,17-20,22H2,1H3. The van der Waals surface area contributed by atoms with Crippen molar-refractivity contribution in [2.45, 2.75) is 51.6 Å². The lowest BCUT2D eigenvalue weighted by atomic mass is 9.90. The molecular weight excluding hydrogens is 434 g/mol. The highest BCUT2D eigenvalue weighted by Crippen LogP contribution is 2.33. The summed E-state index contributed by atoms with van der Waals surface area (Å²) in [6, 6.07) is 23.1. The van der Waals surface area contributed by atoms with E-state index >= 15 is 0 Å². The molecule has 3 aromatic rings. The van der Waals surface area contributed by atoms with Gasteiger partial charge in [0.2, 0.25) is 11.8 Å². The van der Waals surface area contributed by atoms with Gasteiger partial charge >= 0.3 is 0 Å². The minimum Gasteiger partial charge on any atom is -0.348 e. The molecule has 0 spiro atoms. The summed E-state index contributed by atoms with van der Waals surface area (Å²) in [6.45, 7) is 5.14. The molecule has 2 aliphatic rings. The minimum atomic E-state index is -0.102. The lowest BCUT2D eigenvalue weighted by molar-refractivity contribution is -0.139. The molecule has 0 saturated carbocycles. The lowest BCUT2D eigenvalue weighted by Crippen LogP contribution is -2.43. The van der Waals surface area contributed by atoms with E-state index in [1.54, 1.807) is 0 Å². The summed E-state index contributed by atoms with van der Waals surface area (Å²) in [5.74, 6) is 0.808. The maximum atomic E-state index is 13.4. The van der Waals surface area contributed by atoms with Crippen molar-refractivity contribution in [3.8, 4) is 0 Å². The van der Waals surface area contributed by atoms with Crippen molar-refractivity contribution in [3.05, 3.63) is 95.3 Å². The number of benzene rings is 2. The first-order chi connectivity index (χ1) is 17.1. The van der Waals surface area contributed by atoms with Gasteiger partial charge in [0.25, 0.3) is 0 Å². The van der Waals surface area contributed by atoms with E-state index in [2.05, 4.69) is 84.4 Å². The van der Waals surface area contributed by atoms with Crippen LogP contribution in [0.1, 0.15) is 54.1 Å². The van der Waals surface area contributed by atoms with E-state index in [-0.39, 0.29) is 24.3 Å². The zero-order chi connectivity index (χ0) is 24.2. The molecule has 0 aliphatic carbocycles. The second-order valence-corrected chi connectivity index (χ2v) is 10.0. The zero-order valence-electron chi connectivity index (χ0n) is 20.6. The molecule has 1 saturated heterocycles. The van der Waals surface area contributed by atoms with Crippen LogP contribution in [-0.4, -0.2) is 45.8 Å². The zero-order valence-corrected chi connectivity index (χ0v) is 20.6. The first-order valence-electron chi connectivity index (χ1n) is 12.9. The number of piperidine rings is 1. The Morgan fingerprint density at radius 2 is 1.60 bits per heavy atom. The van der Waals surface area contributed by atoms with Crippen LogP contribution in [0.5, 0.6) is 0 Å². The molecule has 35 heavy (non-hydrogen) atoms. The molecule has 182 valence electrons. The summed E-state index contributed by atoms with van der Waals surface area (Å²) >= 11 is 0. The van der Waals surface area contributed by atoms with E-state index in [1.165, 1.54) is 11.1 Å². The van der Waals surface area contributed by atoms with Crippen LogP contribution in [0, 0.1) is 12.8 Å². The van der Waals surface area contributed by atoms with Gasteiger partial charge in [0, 0.05) is 50.9 Å². The fraction of sp³-hybridized carbons (Fsp3) is 0.400. The third-order valence-corrected chi connectivity index (χ3v) is 7.60. The highest BCUT2D eigenvalue weighted by Gasteiger charge is 2.32. The molecule has 1 fully saturated rings. The first kappa shape index (κ1) is 23.4. The Hall–Kier alpha value is -3.34. The SMILES string of the molecule is Cc1cccc(C2c3cccn3CCN2C(=O)CCC(=O)N2CCC(Cc3ccccc3)CC2)c1. The molecule has 5 heteroatoms. The Balaban J connectivity index is 1.18. The van der Waals surface area contributed by atoms with Crippen molar-refractivity contribution in [2.75, 3.05) is 19.6 Å². The van der Waals surface area contributed by atoms with Gasteiger partial charge in [-0.15, -0.1) is 0 Å². The molecule has 1 aromatic heterocycles.